The molecule has 1 amide bonds. The highest BCUT2D eigenvalue weighted by atomic mass is 19.2. The van der Waals surface area contributed by atoms with Crippen molar-refractivity contribution < 1.29 is 18.0 Å². The highest BCUT2D eigenvalue weighted by Gasteiger charge is 2.25. The van der Waals surface area contributed by atoms with E-state index in [4.69, 9.17) is 10.2 Å². The van der Waals surface area contributed by atoms with E-state index >= 15 is 0 Å². The Hall–Kier alpha value is -2.21. The monoisotopic (exact) mass is 294 g/mol. The predicted octanol–water partition coefficient (Wildman–Crippen LogP) is 2.68. The normalized spacial score (nSPS) is 11.5. The largest absolute Gasteiger partial charge is 0.467 e. The number of nitrogens with two attached hydrogens (primary N) is 1. The van der Waals surface area contributed by atoms with Crippen molar-refractivity contribution in [2.45, 2.75) is 25.9 Å². The smallest absolute Gasteiger partial charge is 0.255 e. The van der Waals surface area contributed by atoms with Gasteiger partial charge in [0, 0.05) is 0 Å². The first-order chi connectivity index (χ1) is 9.83. The van der Waals surface area contributed by atoms with Gasteiger partial charge in [-0.1, -0.05) is 6.07 Å². The van der Waals surface area contributed by atoms with E-state index in [9.17, 15) is 13.6 Å². The van der Waals surface area contributed by atoms with Gasteiger partial charge in [0.2, 0.25) is 0 Å². The fourth-order valence-corrected chi connectivity index (χ4v) is 1.92. The Morgan fingerprint density at radius 3 is 2.57 bits per heavy atom. The van der Waals surface area contributed by atoms with Crippen molar-refractivity contribution >= 4 is 5.91 Å². The molecule has 0 aliphatic carbocycles. The van der Waals surface area contributed by atoms with Crippen LogP contribution in [-0.4, -0.2) is 5.91 Å². The standard InChI is InChI=1S/C15H16F2N2O2/c1-15(2,10-3-4-12(16)13(17)6-10)19-14(20)9-5-11(7-18)21-8-9/h3-6,8H,7,18H2,1-2H3,(H,19,20). The van der Waals surface area contributed by atoms with Gasteiger partial charge in [-0.25, -0.2) is 8.78 Å². The molecule has 6 heteroatoms. The molecule has 4 nitrogen and oxygen atoms in total. The Morgan fingerprint density at radius 2 is 2.00 bits per heavy atom. The summed E-state index contributed by atoms with van der Waals surface area (Å²) in [6, 6.07) is 5.06. The van der Waals surface area contributed by atoms with E-state index in [1.807, 2.05) is 0 Å². The third-order valence-electron chi connectivity index (χ3n) is 3.18. The molecule has 0 aliphatic heterocycles. The minimum atomic E-state index is -0.955. The summed E-state index contributed by atoms with van der Waals surface area (Å²) in [4.78, 5) is 12.1. The molecule has 2 rings (SSSR count). The lowest BCUT2D eigenvalue weighted by Gasteiger charge is -2.26. The Kier molecular flexibility index (Phi) is 4.09. The van der Waals surface area contributed by atoms with Gasteiger partial charge >= 0.3 is 0 Å². The van der Waals surface area contributed by atoms with Gasteiger partial charge in [0.25, 0.3) is 5.91 Å². The fraction of sp³-hybridized carbons (Fsp3) is 0.267. The lowest BCUT2D eigenvalue weighted by molar-refractivity contribution is 0.0911. The maximum atomic E-state index is 13.3. The molecule has 1 heterocycles. The lowest BCUT2D eigenvalue weighted by atomic mass is 9.93. The Morgan fingerprint density at radius 1 is 1.29 bits per heavy atom. The number of carbonyl (C=O) groups excluding carboxylic acids is 1. The van der Waals surface area contributed by atoms with Crippen molar-refractivity contribution in [2.24, 2.45) is 5.73 Å². The lowest BCUT2D eigenvalue weighted by Crippen LogP contribution is -2.41. The van der Waals surface area contributed by atoms with Crippen LogP contribution < -0.4 is 11.1 Å². The van der Waals surface area contributed by atoms with E-state index in [1.165, 1.54) is 18.4 Å². The number of carbonyl (C=O) groups is 1. The minimum Gasteiger partial charge on any atom is -0.467 e. The van der Waals surface area contributed by atoms with Gasteiger partial charge in [-0.15, -0.1) is 0 Å². The molecule has 112 valence electrons. The molecule has 0 radical (unpaired) electrons. The van der Waals surface area contributed by atoms with Crippen LogP contribution in [0.25, 0.3) is 0 Å². The number of hydrogen-bond acceptors (Lipinski definition) is 3. The van der Waals surface area contributed by atoms with Crippen LogP contribution in [0.1, 0.15) is 35.5 Å². The topological polar surface area (TPSA) is 68.3 Å². The van der Waals surface area contributed by atoms with Crippen molar-refractivity contribution in [3.05, 3.63) is 59.1 Å². The predicted molar refractivity (Wildman–Crippen MR) is 73.4 cm³/mol. The quantitative estimate of drug-likeness (QED) is 0.911. The molecule has 0 fully saturated rings. The van der Waals surface area contributed by atoms with Crippen molar-refractivity contribution in [1.82, 2.24) is 5.32 Å². The molecule has 21 heavy (non-hydrogen) atoms. The van der Waals surface area contributed by atoms with Crippen LogP contribution in [0.4, 0.5) is 8.78 Å². The van der Waals surface area contributed by atoms with Crippen molar-refractivity contribution in [1.29, 1.82) is 0 Å². The number of hydrogen-bond donors (Lipinski definition) is 2. The van der Waals surface area contributed by atoms with Gasteiger partial charge in [-0.3, -0.25) is 4.79 Å². The SMILES string of the molecule is CC(C)(NC(=O)c1coc(CN)c1)c1ccc(F)c(F)c1. The van der Waals surface area contributed by atoms with Crippen LogP contribution in [-0.2, 0) is 12.1 Å². The summed E-state index contributed by atoms with van der Waals surface area (Å²) < 4.78 is 31.4. The number of halogens is 2. The number of benzene rings is 1. The summed E-state index contributed by atoms with van der Waals surface area (Å²) in [5.41, 5.74) is 5.32. The molecule has 1 aromatic heterocycles. The van der Waals surface area contributed by atoms with Crippen LogP contribution in [0.2, 0.25) is 0 Å². The van der Waals surface area contributed by atoms with Gasteiger partial charge in [0.1, 0.15) is 12.0 Å². The summed E-state index contributed by atoms with van der Waals surface area (Å²) in [5, 5.41) is 2.74. The first-order valence-corrected chi connectivity index (χ1v) is 6.39. The van der Waals surface area contributed by atoms with E-state index in [1.54, 1.807) is 13.8 Å². The highest BCUT2D eigenvalue weighted by molar-refractivity contribution is 5.94. The molecule has 3 N–H and O–H groups in total. The third kappa shape index (κ3) is 3.28. The summed E-state index contributed by atoms with van der Waals surface area (Å²) in [5.74, 6) is -1.77. The van der Waals surface area contributed by atoms with Gasteiger partial charge in [0.05, 0.1) is 17.6 Å². The first kappa shape index (κ1) is 15.2. The second kappa shape index (κ2) is 5.65. The zero-order valence-electron chi connectivity index (χ0n) is 11.7. The summed E-state index contributed by atoms with van der Waals surface area (Å²) in [6.07, 6.45) is 1.30. The van der Waals surface area contributed by atoms with E-state index in [2.05, 4.69) is 5.32 Å². The molecule has 0 bridgehead atoms. The van der Waals surface area contributed by atoms with Crippen LogP contribution in [0.15, 0.2) is 34.9 Å². The van der Waals surface area contributed by atoms with Gasteiger partial charge in [-0.2, -0.15) is 0 Å². The third-order valence-corrected chi connectivity index (χ3v) is 3.18. The Labute approximate surface area is 120 Å². The molecule has 2 aromatic rings. The van der Waals surface area contributed by atoms with Crippen LogP contribution in [0.3, 0.4) is 0 Å². The Balaban J connectivity index is 2.19. The van der Waals surface area contributed by atoms with Gasteiger partial charge < -0.3 is 15.5 Å². The number of nitrogens with one attached hydrogen (secondary N) is 1. The maximum absolute atomic E-state index is 13.3. The average molecular weight is 294 g/mol. The molecule has 0 saturated carbocycles. The molecular weight excluding hydrogens is 278 g/mol. The Bertz CT molecular complexity index is 665. The second-order valence-electron chi connectivity index (χ2n) is 5.21. The summed E-state index contributed by atoms with van der Waals surface area (Å²) >= 11 is 0. The zero-order valence-corrected chi connectivity index (χ0v) is 11.7. The fourth-order valence-electron chi connectivity index (χ4n) is 1.92. The van der Waals surface area contributed by atoms with Crippen molar-refractivity contribution in [3.8, 4) is 0 Å². The highest BCUT2D eigenvalue weighted by Crippen LogP contribution is 2.23. The van der Waals surface area contributed by atoms with E-state index in [-0.39, 0.29) is 12.5 Å². The van der Waals surface area contributed by atoms with Gasteiger partial charge in [0.15, 0.2) is 11.6 Å². The molecule has 0 unspecified atom stereocenters. The van der Waals surface area contributed by atoms with E-state index in [0.29, 0.717) is 16.9 Å². The zero-order chi connectivity index (χ0) is 15.6. The second-order valence-corrected chi connectivity index (χ2v) is 5.21. The molecule has 0 aliphatic rings. The summed E-state index contributed by atoms with van der Waals surface area (Å²) in [7, 11) is 0. The maximum Gasteiger partial charge on any atom is 0.255 e. The van der Waals surface area contributed by atoms with Crippen molar-refractivity contribution in [3.63, 3.8) is 0 Å². The van der Waals surface area contributed by atoms with Crippen molar-refractivity contribution in [2.75, 3.05) is 0 Å². The molecule has 0 saturated heterocycles. The van der Waals surface area contributed by atoms with Crippen LogP contribution in [0.5, 0.6) is 0 Å². The first-order valence-electron chi connectivity index (χ1n) is 6.39. The van der Waals surface area contributed by atoms with Crippen LogP contribution in [0, 0.1) is 11.6 Å². The summed E-state index contributed by atoms with van der Waals surface area (Å²) in [6.45, 7) is 3.59. The molecule has 0 spiro atoms. The molecule has 1 aromatic carbocycles. The van der Waals surface area contributed by atoms with E-state index in [0.717, 1.165) is 12.1 Å². The van der Waals surface area contributed by atoms with Crippen LogP contribution >= 0.6 is 0 Å². The number of rotatable bonds is 4. The van der Waals surface area contributed by atoms with E-state index < -0.39 is 17.2 Å². The van der Waals surface area contributed by atoms with Gasteiger partial charge in [-0.05, 0) is 37.6 Å². The number of furan rings is 1. The molecule has 0 atom stereocenters. The number of amides is 1. The minimum absolute atomic E-state index is 0.194. The molecular formula is C15H16F2N2O2. The average Bonchev–Trinajstić information content (AvgIpc) is 2.90.